The molecule has 1 fully saturated rings. The fraction of sp³-hybridized carbons (Fsp3) is 0.412. The minimum Gasteiger partial charge on any atom is -0.327 e. The van der Waals surface area contributed by atoms with Crippen LogP contribution in [0.4, 0.5) is 5.82 Å². The van der Waals surface area contributed by atoms with Gasteiger partial charge in [0.15, 0.2) is 0 Å². The van der Waals surface area contributed by atoms with Crippen molar-refractivity contribution < 1.29 is 4.79 Å². The summed E-state index contributed by atoms with van der Waals surface area (Å²) in [7, 11) is 0. The summed E-state index contributed by atoms with van der Waals surface area (Å²) in [5, 5.41) is 7.29. The van der Waals surface area contributed by atoms with Crippen LogP contribution in [0.1, 0.15) is 31.2 Å². The number of nitrogens with zero attached hydrogens (tertiary/aromatic N) is 2. The van der Waals surface area contributed by atoms with Crippen molar-refractivity contribution >= 4 is 11.7 Å². The molecule has 0 bridgehead atoms. The first kappa shape index (κ1) is 14.8. The van der Waals surface area contributed by atoms with E-state index in [9.17, 15) is 4.79 Å². The minimum absolute atomic E-state index is 0.0117. The van der Waals surface area contributed by atoms with Crippen molar-refractivity contribution in [2.24, 2.45) is 11.7 Å². The van der Waals surface area contributed by atoms with E-state index in [0.717, 1.165) is 30.5 Å². The molecule has 0 spiro atoms. The Labute approximate surface area is 130 Å². The van der Waals surface area contributed by atoms with Gasteiger partial charge in [0.1, 0.15) is 5.82 Å². The second-order valence-corrected chi connectivity index (χ2v) is 6.02. The Hall–Kier alpha value is -2.14. The Morgan fingerprint density at radius 1 is 1.36 bits per heavy atom. The molecule has 1 aromatic heterocycles. The number of nitrogens with one attached hydrogen (secondary N) is 1. The van der Waals surface area contributed by atoms with Crippen LogP contribution in [-0.4, -0.2) is 21.7 Å². The van der Waals surface area contributed by atoms with Crippen LogP contribution in [0.5, 0.6) is 0 Å². The first-order valence-corrected chi connectivity index (χ1v) is 7.80. The van der Waals surface area contributed by atoms with Crippen LogP contribution >= 0.6 is 0 Å². The van der Waals surface area contributed by atoms with Crippen molar-refractivity contribution in [3.05, 3.63) is 42.1 Å². The van der Waals surface area contributed by atoms with Crippen molar-refractivity contribution in [2.45, 2.75) is 38.6 Å². The first-order chi connectivity index (χ1) is 10.6. The number of hydrogen-bond donors (Lipinski definition) is 2. The maximum atomic E-state index is 12.3. The SMILES string of the molecule is Cc1ccccc1-n1nccc1NC(=O)C[C@@H]1CCC[C@H]1N. The van der Waals surface area contributed by atoms with Crippen molar-refractivity contribution in [1.29, 1.82) is 0 Å². The Morgan fingerprint density at radius 3 is 2.91 bits per heavy atom. The highest BCUT2D eigenvalue weighted by molar-refractivity contribution is 5.90. The number of amides is 1. The smallest absolute Gasteiger partial charge is 0.225 e. The van der Waals surface area contributed by atoms with Gasteiger partial charge in [-0.15, -0.1) is 0 Å². The summed E-state index contributed by atoms with van der Waals surface area (Å²) >= 11 is 0. The zero-order chi connectivity index (χ0) is 15.5. The minimum atomic E-state index is 0.0117. The van der Waals surface area contributed by atoms with E-state index in [-0.39, 0.29) is 11.9 Å². The summed E-state index contributed by atoms with van der Waals surface area (Å²) in [6.07, 6.45) is 5.38. The first-order valence-electron chi connectivity index (χ1n) is 7.80. The van der Waals surface area contributed by atoms with Crippen LogP contribution in [0.15, 0.2) is 36.5 Å². The third-order valence-corrected chi connectivity index (χ3v) is 4.42. The van der Waals surface area contributed by atoms with Gasteiger partial charge in [-0.1, -0.05) is 24.6 Å². The van der Waals surface area contributed by atoms with Gasteiger partial charge < -0.3 is 11.1 Å². The molecule has 1 aliphatic carbocycles. The number of para-hydroxylation sites is 1. The molecule has 0 saturated heterocycles. The van der Waals surface area contributed by atoms with Crippen molar-refractivity contribution in [3.8, 4) is 5.69 Å². The van der Waals surface area contributed by atoms with Gasteiger partial charge in [0.2, 0.25) is 5.91 Å². The molecule has 1 heterocycles. The molecule has 3 rings (SSSR count). The molecule has 0 unspecified atom stereocenters. The van der Waals surface area contributed by atoms with Gasteiger partial charge in [0.25, 0.3) is 0 Å². The van der Waals surface area contributed by atoms with E-state index in [1.807, 2.05) is 37.3 Å². The fourth-order valence-electron chi connectivity index (χ4n) is 3.14. The molecule has 2 atom stereocenters. The topological polar surface area (TPSA) is 72.9 Å². The van der Waals surface area contributed by atoms with Crippen molar-refractivity contribution in [1.82, 2.24) is 9.78 Å². The lowest BCUT2D eigenvalue weighted by Crippen LogP contribution is -2.28. The van der Waals surface area contributed by atoms with Gasteiger partial charge in [-0.25, -0.2) is 4.68 Å². The number of anilines is 1. The van der Waals surface area contributed by atoms with E-state index in [4.69, 9.17) is 5.73 Å². The lowest BCUT2D eigenvalue weighted by molar-refractivity contribution is -0.117. The van der Waals surface area contributed by atoms with Gasteiger partial charge in [-0.05, 0) is 37.3 Å². The zero-order valence-corrected chi connectivity index (χ0v) is 12.8. The van der Waals surface area contributed by atoms with Crippen LogP contribution in [0.2, 0.25) is 0 Å². The Morgan fingerprint density at radius 2 is 2.18 bits per heavy atom. The molecule has 1 saturated carbocycles. The second-order valence-electron chi connectivity index (χ2n) is 6.02. The Balaban J connectivity index is 1.73. The normalized spacial score (nSPS) is 21.0. The number of carbonyl (C=O) groups is 1. The highest BCUT2D eigenvalue weighted by Gasteiger charge is 2.26. The summed E-state index contributed by atoms with van der Waals surface area (Å²) in [6, 6.07) is 9.95. The lowest BCUT2D eigenvalue weighted by Gasteiger charge is -2.15. The summed E-state index contributed by atoms with van der Waals surface area (Å²) in [4.78, 5) is 12.3. The summed E-state index contributed by atoms with van der Waals surface area (Å²) in [5.74, 6) is 1.01. The average Bonchev–Trinajstić information content (AvgIpc) is 3.10. The fourth-order valence-corrected chi connectivity index (χ4v) is 3.14. The molecule has 1 amide bonds. The maximum Gasteiger partial charge on any atom is 0.225 e. The molecule has 1 aliphatic rings. The molecule has 22 heavy (non-hydrogen) atoms. The van der Waals surface area contributed by atoms with E-state index in [2.05, 4.69) is 10.4 Å². The summed E-state index contributed by atoms with van der Waals surface area (Å²) < 4.78 is 1.77. The molecule has 3 N–H and O–H groups in total. The Bertz CT molecular complexity index is 664. The predicted octanol–water partition coefficient (Wildman–Crippen LogP) is 2.64. The molecular formula is C17H22N4O. The maximum absolute atomic E-state index is 12.3. The number of benzene rings is 1. The second kappa shape index (κ2) is 6.32. The van der Waals surface area contributed by atoms with Crippen LogP contribution in [-0.2, 0) is 4.79 Å². The van der Waals surface area contributed by atoms with Gasteiger partial charge in [-0.3, -0.25) is 4.79 Å². The third kappa shape index (κ3) is 3.04. The number of aromatic nitrogens is 2. The van der Waals surface area contributed by atoms with Crippen LogP contribution in [0.25, 0.3) is 5.69 Å². The predicted molar refractivity (Wildman–Crippen MR) is 86.9 cm³/mol. The summed E-state index contributed by atoms with van der Waals surface area (Å²) in [6.45, 7) is 2.03. The Kier molecular flexibility index (Phi) is 4.24. The lowest BCUT2D eigenvalue weighted by atomic mass is 10.00. The van der Waals surface area contributed by atoms with E-state index in [1.54, 1.807) is 10.9 Å². The molecule has 0 radical (unpaired) electrons. The number of hydrogen-bond acceptors (Lipinski definition) is 3. The monoisotopic (exact) mass is 298 g/mol. The number of rotatable bonds is 4. The molecule has 1 aromatic carbocycles. The van der Waals surface area contributed by atoms with E-state index < -0.39 is 0 Å². The molecule has 0 aliphatic heterocycles. The average molecular weight is 298 g/mol. The molecule has 116 valence electrons. The molecular weight excluding hydrogens is 276 g/mol. The van der Waals surface area contributed by atoms with Gasteiger partial charge in [-0.2, -0.15) is 5.10 Å². The number of nitrogens with two attached hydrogens (primary N) is 1. The van der Waals surface area contributed by atoms with E-state index >= 15 is 0 Å². The summed E-state index contributed by atoms with van der Waals surface area (Å²) in [5.41, 5.74) is 8.13. The van der Waals surface area contributed by atoms with Crippen molar-refractivity contribution in [2.75, 3.05) is 5.32 Å². The number of aryl methyl sites for hydroxylation is 1. The van der Waals surface area contributed by atoms with E-state index in [1.165, 1.54) is 0 Å². The third-order valence-electron chi connectivity index (χ3n) is 4.42. The van der Waals surface area contributed by atoms with Crippen LogP contribution in [0.3, 0.4) is 0 Å². The molecule has 2 aromatic rings. The quantitative estimate of drug-likeness (QED) is 0.911. The highest BCUT2D eigenvalue weighted by Crippen LogP contribution is 2.27. The highest BCUT2D eigenvalue weighted by atomic mass is 16.1. The molecule has 5 heteroatoms. The van der Waals surface area contributed by atoms with Crippen LogP contribution in [0, 0.1) is 12.8 Å². The standard InChI is InChI=1S/C17H22N4O/c1-12-5-2-3-8-15(12)21-16(9-10-19-21)20-17(22)11-13-6-4-7-14(13)18/h2-3,5,8-10,13-14H,4,6-7,11,18H2,1H3,(H,20,22)/t13-,14+/m0/s1. The van der Waals surface area contributed by atoms with Gasteiger partial charge in [0, 0.05) is 18.5 Å². The largest absolute Gasteiger partial charge is 0.327 e. The van der Waals surface area contributed by atoms with E-state index in [0.29, 0.717) is 18.2 Å². The zero-order valence-electron chi connectivity index (χ0n) is 12.8. The van der Waals surface area contributed by atoms with Gasteiger partial charge >= 0.3 is 0 Å². The number of carbonyl (C=O) groups excluding carboxylic acids is 1. The van der Waals surface area contributed by atoms with Crippen molar-refractivity contribution in [3.63, 3.8) is 0 Å². The van der Waals surface area contributed by atoms with Gasteiger partial charge in [0.05, 0.1) is 11.9 Å². The molecule has 5 nitrogen and oxygen atoms in total. The van der Waals surface area contributed by atoms with Crippen LogP contribution < -0.4 is 11.1 Å².